The summed E-state index contributed by atoms with van der Waals surface area (Å²) in [6.07, 6.45) is 0.826. The Bertz CT molecular complexity index is 345. The normalized spacial score (nSPS) is 15.9. The van der Waals surface area contributed by atoms with Crippen molar-refractivity contribution in [3.05, 3.63) is 0 Å². The molecule has 2 atom stereocenters. The molecule has 0 bridgehead atoms. The molecule has 0 saturated heterocycles. The second-order valence-electron chi connectivity index (χ2n) is 8.46. The Morgan fingerprint density at radius 3 is 1.70 bits per heavy atom. The Labute approximate surface area is 124 Å². The molecule has 118 valence electrons. The monoisotopic (exact) mass is 283 g/mol. The minimum atomic E-state index is -0.427. The highest BCUT2D eigenvalue weighted by atomic mass is 16.2. The van der Waals surface area contributed by atoms with Gasteiger partial charge >= 0.3 is 0 Å². The zero-order chi connectivity index (χ0) is 16.3. The van der Waals surface area contributed by atoms with Crippen molar-refractivity contribution in [3.63, 3.8) is 0 Å². The van der Waals surface area contributed by atoms with Gasteiger partial charge in [-0.3, -0.25) is 9.59 Å². The van der Waals surface area contributed by atoms with Crippen LogP contribution in [0.2, 0.25) is 0 Å². The predicted octanol–water partition coefficient (Wildman–Crippen LogP) is 3.81. The molecule has 2 unspecified atom stereocenters. The molecule has 1 amide bonds. The van der Waals surface area contributed by atoms with E-state index in [4.69, 9.17) is 0 Å². The highest BCUT2D eigenvalue weighted by Crippen LogP contribution is 2.29. The number of amides is 1. The molecule has 0 aromatic heterocycles. The zero-order valence-corrected chi connectivity index (χ0v) is 14.8. The van der Waals surface area contributed by atoms with Crippen molar-refractivity contribution >= 4 is 11.7 Å². The summed E-state index contributed by atoms with van der Waals surface area (Å²) >= 11 is 0. The lowest BCUT2D eigenvalue weighted by Gasteiger charge is -2.30. The van der Waals surface area contributed by atoms with E-state index in [-0.39, 0.29) is 28.9 Å². The molecule has 0 spiro atoms. The van der Waals surface area contributed by atoms with Gasteiger partial charge in [0.2, 0.25) is 5.91 Å². The average Bonchev–Trinajstić information content (AvgIpc) is 2.21. The van der Waals surface area contributed by atoms with Crippen molar-refractivity contribution in [2.45, 2.75) is 74.8 Å². The van der Waals surface area contributed by atoms with Crippen molar-refractivity contribution in [1.29, 1.82) is 0 Å². The van der Waals surface area contributed by atoms with Gasteiger partial charge in [-0.25, -0.2) is 0 Å². The maximum Gasteiger partial charge on any atom is 0.223 e. The van der Waals surface area contributed by atoms with Crippen LogP contribution in [0.1, 0.15) is 68.7 Å². The molecule has 0 aliphatic heterocycles. The number of nitrogens with one attached hydrogen (secondary N) is 1. The molecule has 0 heterocycles. The summed E-state index contributed by atoms with van der Waals surface area (Å²) in [5, 5.41) is 2.90. The Morgan fingerprint density at radius 1 is 0.950 bits per heavy atom. The van der Waals surface area contributed by atoms with Gasteiger partial charge in [-0.05, 0) is 24.7 Å². The van der Waals surface area contributed by atoms with Crippen molar-refractivity contribution in [2.24, 2.45) is 22.7 Å². The lowest BCUT2D eigenvalue weighted by atomic mass is 9.79. The maximum atomic E-state index is 12.4. The van der Waals surface area contributed by atoms with Gasteiger partial charge in [-0.1, -0.05) is 55.4 Å². The first-order chi connectivity index (χ1) is 8.75. The first-order valence-corrected chi connectivity index (χ1v) is 7.60. The molecule has 0 aliphatic carbocycles. The Balaban J connectivity index is 4.83. The summed E-state index contributed by atoms with van der Waals surface area (Å²) in [6.45, 7) is 18.0. The zero-order valence-electron chi connectivity index (χ0n) is 14.8. The smallest absolute Gasteiger partial charge is 0.223 e. The number of ketones is 1. The van der Waals surface area contributed by atoms with E-state index >= 15 is 0 Å². The Kier molecular flexibility index (Phi) is 6.44. The quantitative estimate of drug-likeness (QED) is 0.834. The molecule has 0 aliphatic rings. The molecule has 3 heteroatoms. The summed E-state index contributed by atoms with van der Waals surface area (Å²) in [5.74, 6) is 0.292. The molecule has 3 nitrogen and oxygen atoms in total. The van der Waals surface area contributed by atoms with Crippen LogP contribution in [0.4, 0.5) is 0 Å². The van der Waals surface area contributed by atoms with Crippen LogP contribution < -0.4 is 5.32 Å². The third kappa shape index (κ3) is 6.53. The summed E-state index contributed by atoms with van der Waals surface area (Å²) in [7, 11) is 0. The van der Waals surface area contributed by atoms with Gasteiger partial charge in [0.15, 0.2) is 5.78 Å². The fourth-order valence-corrected chi connectivity index (χ4v) is 2.33. The van der Waals surface area contributed by atoms with Crippen LogP contribution in [0.5, 0.6) is 0 Å². The highest BCUT2D eigenvalue weighted by Gasteiger charge is 2.32. The summed E-state index contributed by atoms with van der Waals surface area (Å²) in [5.41, 5.74) is -0.326. The van der Waals surface area contributed by atoms with Crippen molar-refractivity contribution in [3.8, 4) is 0 Å². The van der Waals surface area contributed by atoms with Gasteiger partial charge in [0.05, 0.1) is 6.04 Å². The van der Waals surface area contributed by atoms with Crippen molar-refractivity contribution in [1.82, 2.24) is 5.32 Å². The van der Waals surface area contributed by atoms with E-state index in [0.717, 1.165) is 6.42 Å². The summed E-state index contributed by atoms with van der Waals surface area (Å²) in [6, 6.07) is -0.427. The van der Waals surface area contributed by atoms with Crippen molar-refractivity contribution in [2.75, 3.05) is 0 Å². The fraction of sp³-hybridized carbons (Fsp3) is 0.882. The Morgan fingerprint density at radius 2 is 1.40 bits per heavy atom. The molecule has 0 aromatic carbocycles. The van der Waals surface area contributed by atoms with Gasteiger partial charge in [-0.2, -0.15) is 0 Å². The van der Waals surface area contributed by atoms with Crippen LogP contribution in [0.3, 0.4) is 0 Å². The van der Waals surface area contributed by atoms with Gasteiger partial charge in [0.1, 0.15) is 0 Å². The van der Waals surface area contributed by atoms with Crippen LogP contribution in [0.25, 0.3) is 0 Å². The molecular weight excluding hydrogens is 250 g/mol. The third-order valence-electron chi connectivity index (χ3n) is 3.47. The van der Waals surface area contributed by atoms with Crippen LogP contribution in [0, 0.1) is 22.7 Å². The molecular formula is C17H33NO2. The highest BCUT2D eigenvalue weighted by molar-refractivity contribution is 5.92. The minimum absolute atomic E-state index is 0.0000231. The number of carbonyl (C=O) groups is 2. The molecule has 0 rings (SSSR count). The van der Waals surface area contributed by atoms with Gasteiger partial charge < -0.3 is 5.32 Å². The van der Waals surface area contributed by atoms with Crippen LogP contribution in [-0.4, -0.2) is 17.7 Å². The molecule has 1 N–H and O–H groups in total. The van der Waals surface area contributed by atoms with Crippen LogP contribution >= 0.6 is 0 Å². The lowest BCUT2D eigenvalue weighted by molar-refractivity contribution is -0.134. The fourth-order valence-electron chi connectivity index (χ4n) is 2.33. The minimum Gasteiger partial charge on any atom is -0.346 e. The number of carbonyl (C=O) groups excluding carboxylic acids is 2. The largest absolute Gasteiger partial charge is 0.346 e. The molecule has 0 saturated carbocycles. The second kappa shape index (κ2) is 6.73. The molecule has 0 aromatic rings. The second-order valence-corrected chi connectivity index (χ2v) is 8.46. The van der Waals surface area contributed by atoms with E-state index in [1.807, 2.05) is 20.8 Å². The topological polar surface area (TPSA) is 46.2 Å². The first kappa shape index (κ1) is 19.1. The number of rotatable bonds is 5. The van der Waals surface area contributed by atoms with E-state index in [1.165, 1.54) is 0 Å². The lowest BCUT2D eigenvalue weighted by Crippen LogP contribution is -2.47. The molecule has 0 fully saturated rings. The van der Waals surface area contributed by atoms with Crippen LogP contribution in [0.15, 0.2) is 0 Å². The van der Waals surface area contributed by atoms with E-state index in [1.54, 1.807) is 6.92 Å². The van der Waals surface area contributed by atoms with Gasteiger partial charge in [0, 0.05) is 11.3 Å². The third-order valence-corrected chi connectivity index (χ3v) is 3.47. The summed E-state index contributed by atoms with van der Waals surface area (Å²) in [4.78, 5) is 24.6. The van der Waals surface area contributed by atoms with Crippen LogP contribution in [-0.2, 0) is 9.59 Å². The standard InChI is InChI=1S/C17H33NO2/c1-11(2)13(10-16(4,5)6)15(20)18-12(3)14(19)17(7,8)9/h11-13H,10H2,1-9H3,(H,18,20). The number of Topliss-reactive ketones (excluding diaryl/α,β-unsaturated/α-hetero) is 1. The van der Waals surface area contributed by atoms with Gasteiger partial charge in [-0.15, -0.1) is 0 Å². The van der Waals surface area contributed by atoms with E-state index in [9.17, 15) is 9.59 Å². The first-order valence-electron chi connectivity index (χ1n) is 7.60. The van der Waals surface area contributed by atoms with E-state index in [0.29, 0.717) is 0 Å². The molecule has 0 radical (unpaired) electrons. The maximum absolute atomic E-state index is 12.4. The SMILES string of the molecule is CC(NC(=O)C(CC(C)(C)C)C(C)C)C(=O)C(C)(C)C. The number of hydrogen-bond acceptors (Lipinski definition) is 2. The molecule has 20 heavy (non-hydrogen) atoms. The van der Waals surface area contributed by atoms with Crippen molar-refractivity contribution < 1.29 is 9.59 Å². The predicted molar refractivity (Wildman–Crippen MR) is 84.5 cm³/mol. The van der Waals surface area contributed by atoms with E-state index < -0.39 is 11.5 Å². The van der Waals surface area contributed by atoms with Gasteiger partial charge in [0.25, 0.3) is 0 Å². The van der Waals surface area contributed by atoms with E-state index in [2.05, 4.69) is 39.9 Å². The summed E-state index contributed by atoms with van der Waals surface area (Å²) < 4.78 is 0. The Hall–Kier alpha value is -0.860. The average molecular weight is 283 g/mol. The number of hydrogen-bond donors (Lipinski definition) is 1.